The van der Waals surface area contributed by atoms with Gasteiger partial charge in [-0.1, -0.05) is 0 Å². The first kappa shape index (κ1) is 12.1. The topological polar surface area (TPSA) is 50.2 Å². The standard InChI is InChI=1S/C12H20N4O/c1-11-12(17)16(7-2-4-14-11)8-3-6-15-9-5-13-10-15/h5,9-11,14H,2-4,6-8H2,1H3. The zero-order valence-corrected chi connectivity index (χ0v) is 10.3. The smallest absolute Gasteiger partial charge is 0.239 e. The molecular formula is C12H20N4O. The Kier molecular flexibility index (Phi) is 4.14. The van der Waals surface area contributed by atoms with Crippen LogP contribution in [0.4, 0.5) is 0 Å². The van der Waals surface area contributed by atoms with E-state index in [-0.39, 0.29) is 11.9 Å². The van der Waals surface area contributed by atoms with Gasteiger partial charge >= 0.3 is 0 Å². The van der Waals surface area contributed by atoms with Gasteiger partial charge in [0.25, 0.3) is 0 Å². The van der Waals surface area contributed by atoms with Crippen LogP contribution in [0.1, 0.15) is 19.8 Å². The molecule has 1 aromatic heterocycles. The van der Waals surface area contributed by atoms with Crippen LogP contribution in [0, 0.1) is 0 Å². The largest absolute Gasteiger partial charge is 0.341 e. The van der Waals surface area contributed by atoms with E-state index >= 15 is 0 Å². The highest BCUT2D eigenvalue weighted by Gasteiger charge is 2.22. The highest BCUT2D eigenvalue weighted by Crippen LogP contribution is 2.04. The number of nitrogens with one attached hydrogen (secondary N) is 1. The van der Waals surface area contributed by atoms with E-state index in [1.54, 1.807) is 6.20 Å². The average molecular weight is 236 g/mol. The maximum atomic E-state index is 12.0. The third-order valence-corrected chi connectivity index (χ3v) is 3.14. The molecule has 2 rings (SSSR count). The fraction of sp³-hybridized carbons (Fsp3) is 0.667. The predicted octanol–water partition coefficient (Wildman–Crippen LogP) is 0.484. The molecule has 2 heterocycles. The summed E-state index contributed by atoms with van der Waals surface area (Å²) in [5.41, 5.74) is 0. The molecule has 17 heavy (non-hydrogen) atoms. The van der Waals surface area contributed by atoms with Gasteiger partial charge in [0.15, 0.2) is 0 Å². The number of amides is 1. The van der Waals surface area contributed by atoms with Crippen molar-refractivity contribution in [2.75, 3.05) is 19.6 Å². The minimum atomic E-state index is -0.0363. The van der Waals surface area contributed by atoms with Gasteiger partial charge < -0.3 is 14.8 Å². The van der Waals surface area contributed by atoms with Crippen molar-refractivity contribution in [2.24, 2.45) is 0 Å². The van der Waals surface area contributed by atoms with Gasteiger partial charge in [-0.3, -0.25) is 4.79 Å². The molecule has 1 aromatic rings. The van der Waals surface area contributed by atoms with Crippen LogP contribution in [-0.4, -0.2) is 46.0 Å². The summed E-state index contributed by atoms with van der Waals surface area (Å²) in [6.45, 7) is 5.51. The normalized spacial score (nSPS) is 21.6. The van der Waals surface area contributed by atoms with Crippen molar-refractivity contribution in [3.8, 4) is 0 Å². The quantitative estimate of drug-likeness (QED) is 0.827. The SMILES string of the molecule is CC1NCCCN(CCCn2ccnc2)C1=O. The molecule has 1 saturated heterocycles. The van der Waals surface area contributed by atoms with Crippen LogP contribution in [0.5, 0.6) is 0 Å². The summed E-state index contributed by atoms with van der Waals surface area (Å²) in [7, 11) is 0. The van der Waals surface area contributed by atoms with Crippen molar-refractivity contribution in [2.45, 2.75) is 32.4 Å². The lowest BCUT2D eigenvalue weighted by Crippen LogP contribution is -2.42. The summed E-state index contributed by atoms with van der Waals surface area (Å²) in [5, 5.41) is 3.22. The van der Waals surface area contributed by atoms with Gasteiger partial charge in [0, 0.05) is 32.0 Å². The molecule has 1 amide bonds. The van der Waals surface area contributed by atoms with Crippen LogP contribution in [0.2, 0.25) is 0 Å². The van der Waals surface area contributed by atoms with Gasteiger partial charge in [-0.15, -0.1) is 0 Å². The van der Waals surface area contributed by atoms with E-state index in [1.807, 2.05) is 28.9 Å². The first-order valence-corrected chi connectivity index (χ1v) is 6.25. The second-order valence-electron chi connectivity index (χ2n) is 4.51. The Labute approximate surface area is 102 Å². The first-order valence-electron chi connectivity index (χ1n) is 6.25. The van der Waals surface area contributed by atoms with E-state index in [0.29, 0.717) is 0 Å². The van der Waals surface area contributed by atoms with Crippen LogP contribution in [0.15, 0.2) is 18.7 Å². The lowest BCUT2D eigenvalue weighted by atomic mass is 10.3. The van der Waals surface area contributed by atoms with Crippen molar-refractivity contribution >= 4 is 5.91 Å². The van der Waals surface area contributed by atoms with E-state index in [0.717, 1.165) is 39.0 Å². The third kappa shape index (κ3) is 3.30. The van der Waals surface area contributed by atoms with Gasteiger partial charge in [-0.2, -0.15) is 0 Å². The number of rotatable bonds is 4. The Bertz CT molecular complexity index is 349. The lowest BCUT2D eigenvalue weighted by Gasteiger charge is -2.22. The number of hydrogen-bond acceptors (Lipinski definition) is 3. The van der Waals surface area contributed by atoms with Crippen molar-refractivity contribution in [3.05, 3.63) is 18.7 Å². The summed E-state index contributed by atoms with van der Waals surface area (Å²) >= 11 is 0. The van der Waals surface area contributed by atoms with Gasteiger partial charge in [0.05, 0.1) is 12.4 Å². The van der Waals surface area contributed by atoms with Gasteiger partial charge in [0.2, 0.25) is 5.91 Å². The molecule has 5 heteroatoms. The molecule has 1 atom stereocenters. The first-order chi connectivity index (χ1) is 8.27. The lowest BCUT2D eigenvalue weighted by molar-refractivity contribution is -0.132. The van der Waals surface area contributed by atoms with Crippen LogP contribution in [0.3, 0.4) is 0 Å². The minimum Gasteiger partial charge on any atom is -0.341 e. The number of carbonyl (C=O) groups is 1. The number of aryl methyl sites for hydroxylation is 1. The molecule has 0 aromatic carbocycles. The van der Waals surface area contributed by atoms with Crippen molar-refractivity contribution < 1.29 is 4.79 Å². The molecule has 1 aliphatic rings. The monoisotopic (exact) mass is 236 g/mol. The zero-order valence-electron chi connectivity index (χ0n) is 10.3. The van der Waals surface area contributed by atoms with Crippen LogP contribution >= 0.6 is 0 Å². The van der Waals surface area contributed by atoms with Crippen LogP contribution in [0.25, 0.3) is 0 Å². The fourth-order valence-corrected chi connectivity index (χ4v) is 2.14. The van der Waals surface area contributed by atoms with E-state index < -0.39 is 0 Å². The second kappa shape index (κ2) is 5.82. The molecule has 94 valence electrons. The molecule has 1 N–H and O–H groups in total. The third-order valence-electron chi connectivity index (χ3n) is 3.14. The minimum absolute atomic E-state index is 0.0363. The van der Waals surface area contributed by atoms with E-state index in [2.05, 4.69) is 10.3 Å². The molecule has 0 aliphatic carbocycles. The summed E-state index contributed by atoms with van der Waals surface area (Å²) in [5.74, 6) is 0.230. The molecule has 1 fully saturated rings. The maximum Gasteiger partial charge on any atom is 0.239 e. The predicted molar refractivity (Wildman–Crippen MR) is 65.5 cm³/mol. The summed E-state index contributed by atoms with van der Waals surface area (Å²) < 4.78 is 2.05. The van der Waals surface area contributed by atoms with Gasteiger partial charge in [-0.25, -0.2) is 4.98 Å². The van der Waals surface area contributed by atoms with Crippen molar-refractivity contribution in [3.63, 3.8) is 0 Å². The van der Waals surface area contributed by atoms with Gasteiger partial charge in [-0.05, 0) is 26.3 Å². The Hall–Kier alpha value is -1.36. The number of carbonyl (C=O) groups excluding carboxylic acids is 1. The second-order valence-corrected chi connectivity index (χ2v) is 4.51. The number of aromatic nitrogens is 2. The van der Waals surface area contributed by atoms with E-state index in [1.165, 1.54) is 0 Å². The average Bonchev–Trinajstić information content (AvgIpc) is 2.78. The van der Waals surface area contributed by atoms with Crippen molar-refractivity contribution in [1.29, 1.82) is 0 Å². The Morgan fingerprint density at radius 1 is 1.53 bits per heavy atom. The molecule has 5 nitrogen and oxygen atoms in total. The van der Waals surface area contributed by atoms with E-state index in [9.17, 15) is 4.79 Å². The Morgan fingerprint density at radius 2 is 2.41 bits per heavy atom. The Balaban J connectivity index is 1.79. The number of imidazole rings is 1. The summed E-state index contributed by atoms with van der Waals surface area (Å²) in [6.07, 6.45) is 7.57. The molecule has 0 saturated carbocycles. The molecular weight excluding hydrogens is 216 g/mol. The maximum absolute atomic E-state index is 12.0. The molecule has 0 spiro atoms. The molecule has 1 unspecified atom stereocenters. The molecule has 1 aliphatic heterocycles. The molecule has 0 bridgehead atoms. The number of nitrogens with zero attached hydrogens (tertiary/aromatic N) is 3. The van der Waals surface area contributed by atoms with Crippen molar-refractivity contribution in [1.82, 2.24) is 19.8 Å². The summed E-state index contributed by atoms with van der Waals surface area (Å²) in [4.78, 5) is 18.0. The highest BCUT2D eigenvalue weighted by atomic mass is 16.2. The highest BCUT2D eigenvalue weighted by molar-refractivity contribution is 5.81. The van der Waals surface area contributed by atoms with Crippen LogP contribution in [-0.2, 0) is 11.3 Å². The number of hydrogen-bond donors (Lipinski definition) is 1. The van der Waals surface area contributed by atoms with Gasteiger partial charge in [0.1, 0.15) is 0 Å². The Morgan fingerprint density at radius 3 is 3.18 bits per heavy atom. The fourth-order valence-electron chi connectivity index (χ4n) is 2.14. The summed E-state index contributed by atoms with van der Waals surface area (Å²) in [6, 6.07) is -0.0363. The van der Waals surface area contributed by atoms with Crippen LogP contribution < -0.4 is 5.32 Å². The van der Waals surface area contributed by atoms with E-state index in [4.69, 9.17) is 0 Å². The molecule has 0 radical (unpaired) electrons. The zero-order chi connectivity index (χ0) is 12.1.